The van der Waals surface area contributed by atoms with Crippen molar-refractivity contribution in [1.82, 2.24) is 9.55 Å². The molecule has 6 nitrogen and oxygen atoms in total. The van der Waals surface area contributed by atoms with E-state index in [0.717, 1.165) is 0 Å². The third-order valence-corrected chi connectivity index (χ3v) is 3.10. The van der Waals surface area contributed by atoms with Crippen molar-refractivity contribution in [3.8, 4) is 0 Å². The van der Waals surface area contributed by atoms with Gasteiger partial charge in [0.05, 0.1) is 26.1 Å². The Kier molecular flexibility index (Phi) is 1.71. The molecule has 1 fully saturated rings. The molecule has 0 spiro atoms. The topological polar surface area (TPSA) is 95.0 Å². The summed E-state index contributed by atoms with van der Waals surface area (Å²) in [6.45, 7) is -2.00. The molecule has 0 bridgehead atoms. The van der Waals surface area contributed by atoms with Crippen molar-refractivity contribution in [3.05, 3.63) is 34.4 Å². The molecule has 1 aliphatic carbocycles. The molecule has 2 unspecified atom stereocenters. The number of hydrogen-bond acceptors (Lipinski definition) is 5. The van der Waals surface area contributed by atoms with Crippen LogP contribution >= 0.6 is 0 Å². The summed E-state index contributed by atoms with van der Waals surface area (Å²) in [7, 11) is 0. The van der Waals surface area contributed by atoms with E-state index in [1.807, 2.05) is 0 Å². The Bertz CT molecular complexity index is 1080. The first-order chi connectivity index (χ1) is 12.8. The number of aryl methyl sites for hydroxylation is 1. The molecular weight excluding hydrogens is 270 g/mol. The van der Waals surface area contributed by atoms with Gasteiger partial charge < -0.3 is 5.73 Å². The Labute approximate surface area is 130 Å². The Hall–Kier alpha value is -2.50. The first-order valence-electron chi connectivity index (χ1n) is 9.73. The van der Waals surface area contributed by atoms with Gasteiger partial charge >= 0.3 is 0 Å². The summed E-state index contributed by atoms with van der Waals surface area (Å²) in [6.07, 6.45) is -6.28. The number of fused-ring (bicyclic) bond motifs is 1. The van der Waals surface area contributed by atoms with Gasteiger partial charge in [-0.25, -0.2) is 4.98 Å². The second-order valence-electron chi connectivity index (χ2n) is 4.46. The minimum Gasteiger partial charge on any atom is -0.398 e. The van der Waals surface area contributed by atoms with E-state index in [-0.39, 0.29) is 22.6 Å². The number of hydrogen-bond donors (Lipinski definition) is 1. The molecule has 108 valence electrons. The van der Waals surface area contributed by atoms with Gasteiger partial charge in [0.15, 0.2) is 5.78 Å². The van der Waals surface area contributed by atoms with E-state index in [2.05, 4.69) is 4.98 Å². The molecule has 21 heavy (non-hydrogen) atoms. The van der Waals surface area contributed by atoms with Crippen molar-refractivity contribution in [2.45, 2.75) is 32.1 Å². The predicted molar refractivity (Wildman–Crippen MR) is 78.1 cm³/mol. The van der Waals surface area contributed by atoms with Crippen molar-refractivity contribution in [3.63, 3.8) is 0 Å². The lowest BCUT2D eigenvalue weighted by Gasteiger charge is -2.24. The van der Waals surface area contributed by atoms with Crippen LogP contribution in [0, 0.1) is 6.88 Å². The Morgan fingerprint density at radius 3 is 3.14 bits per heavy atom. The molecule has 0 radical (unpaired) electrons. The number of nitrogens with two attached hydrogens (primary N) is 1. The zero-order chi connectivity index (χ0) is 21.2. The van der Waals surface area contributed by atoms with Crippen molar-refractivity contribution in [2.75, 3.05) is 5.73 Å². The van der Waals surface area contributed by atoms with E-state index in [0.29, 0.717) is 4.57 Å². The van der Waals surface area contributed by atoms with Crippen LogP contribution < -0.4 is 11.3 Å². The second-order valence-corrected chi connectivity index (χ2v) is 4.46. The SMILES string of the molecule is [2H]c1ccc(N)c2c(=O)n(C3([2H])C(=O)CC(=O)C([2H])([2H])C3[2H])c(C([2H])[2H])nc12. The summed E-state index contributed by atoms with van der Waals surface area (Å²) < 4.78 is 55.7. The van der Waals surface area contributed by atoms with Crippen molar-refractivity contribution in [1.29, 1.82) is 0 Å². The average molecular weight is 292 g/mol. The summed E-state index contributed by atoms with van der Waals surface area (Å²) >= 11 is 0. The maximum absolute atomic E-state index is 13.1. The number of carbonyl (C=O) groups excluding carboxylic acids is 2. The largest absolute Gasteiger partial charge is 0.398 e. The maximum atomic E-state index is 13.1. The molecule has 1 aromatic heterocycles. The minimum absolute atomic E-state index is 0.136. The average Bonchev–Trinajstić information content (AvgIpc) is 2.61. The zero-order valence-corrected chi connectivity index (χ0v) is 10.7. The van der Waals surface area contributed by atoms with Gasteiger partial charge in [0.25, 0.3) is 5.56 Å². The summed E-state index contributed by atoms with van der Waals surface area (Å²) in [5.74, 6) is -3.13. The summed E-state index contributed by atoms with van der Waals surface area (Å²) in [4.78, 5) is 41.5. The fourth-order valence-corrected chi connectivity index (χ4v) is 2.13. The lowest BCUT2D eigenvalue weighted by atomic mass is 9.92. The van der Waals surface area contributed by atoms with Gasteiger partial charge in [-0.3, -0.25) is 19.0 Å². The van der Waals surface area contributed by atoms with Crippen LogP contribution in [-0.4, -0.2) is 21.1 Å². The van der Waals surface area contributed by atoms with Crippen LogP contribution in [0.4, 0.5) is 5.69 Å². The molecule has 1 aliphatic rings. The number of aromatic nitrogens is 2. The Morgan fingerprint density at radius 2 is 2.38 bits per heavy atom. The molecule has 0 aliphatic heterocycles. The van der Waals surface area contributed by atoms with Gasteiger partial charge in [0.1, 0.15) is 11.6 Å². The molecule has 2 aromatic rings. The lowest BCUT2D eigenvalue weighted by molar-refractivity contribution is -0.132. The molecule has 1 aromatic carbocycles. The van der Waals surface area contributed by atoms with Gasteiger partial charge in [-0.1, -0.05) is 6.07 Å². The van der Waals surface area contributed by atoms with Crippen LogP contribution in [-0.2, 0) is 9.59 Å². The van der Waals surface area contributed by atoms with Crippen LogP contribution in [0.5, 0.6) is 0 Å². The molecule has 6 heteroatoms. The van der Waals surface area contributed by atoms with Crippen molar-refractivity contribution >= 4 is 28.2 Å². The zero-order valence-electron chi connectivity index (χ0n) is 17.7. The fourth-order valence-electron chi connectivity index (χ4n) is 2.13. The van der Waals surface area contributed by atoms with Crippen LogP contribution in [0.2, 0.25) is 0 Å². The van der Waals surface area contributed by atoms with Gasteiger partial charge in [0, 0.05) is 18.9 Å². The summed E-state index contributed by atoms with van der Waals surface area (Å²) in [5, 5.41) is -0.346. The normalized spacial score (nSPS) is 33.6. The third kappa shape index (κ3) is 2.12. The highest BCUT2D eigenvalue weighted by Crippen LogP contribution is 2.24. The van der Waals surface area contributed by atoms with E-state index in [9.17, 15) is 14.4 Å². The van der Waals surface area contributed by atoms with Gasteiger partial charge in [-0.15, -0.1) is 0 Å². The molecule has 0 saturated heterocycles. The molecule has 1 saturated carbocycles. The molecule has 2 N–H and O–H groups in total. The Balaban J connectivity index is 2.49. The van der Waals surface area contributed by atoms with Crippen molar-refractivity contribution < 1.29 is 19.2 Å². The molecule has 3 rings (SSSR count). The van der Waals surface area contributed by atoms with Crippen LogP contribution in [0.3, 0.4) is 0 Å². The first-order valence-corrected chi connectivity index (χ1v) is 6.00. The second kappa shape index (κ2) is 4.80. The Morgan fingerprint density at radius 1 is 1.57 bits per heavy atom. The molecule has 0 amide bonds. The van der Waals surface area contributed by atoms with Crippen LogP contribution in [0.15, 0.2) is 23.0 Å². The maximum Gasteiger partial charge on any atom is 0.264 e. The molecular formula is C15H15N3O3. The van der Waals surface area contributed by atoms with Gasteiger partial charge in [-0.2, -0.15) is 0 Å². The number of nitrogens with zero attached hydrogens (tertiary/aromatic N) is 2. The van der Waals surface area contributed by atoms with Crippen LogP contribution in [0.1, 0.15) is 40.6 Å². The van der Waals surface area contributed by atoms with Gasteiger partial charge in [0.2, 0.25) is 0 Å². The number of Topliss-reactive ketones (excluding diaryl/α,β-unsaturated/α-hetero) is 2. The number of anilines is 1. The number of ketones is 2. The summed E-state index contributed by atoms with van der Waals surface area (Å²) in [5.41, 5.74) is 4.26. The first kappa shape index (κ1) is 7.49. The standard InChI is InChI=1S/C15H15N3O3/c1-8-17-11-4-2-3-10(16)14(11)15(21)18(8)12-6-5-9(19)7-13(12)20/h2-4,12H,5-7,16H2,1H3/i1D2,4D,5D2,6D,12D. The van der Waals surface area contributed by atoms with E-state index >= 15 is 0 Å². The lowest BCUT2D eigenvalue weighted by Crippen LogP contribution is -2.36. The third-order valence-electron chi connectivity index (χ3n) is 3.10. The van der Waals surface area contributed by atoms with E-state index in [1.54, 1.807) is 0 Å². The minimum atomic E-state index is -2.93. The van der Waals surface area contributed by atoms with Crippen LogP contribution in [0.25, 0.3) is 10.9 Å². The van der Waals surface area contributed by atoms with E-state index < -0.39 is 55.0 Å². The number of benzene rings is 1. The number of carbonyl (C=O) groups is 2. The highest BCUT2D eigenvalue weighted by Gasteiger charge is 2.30. The predicted octanol–water partition coefficient (Wildman–Crippen LogP) is 1.15. The highest BCUT2D eigenvalue weighted by molar-refractivity contribution is 6.03. The monoisotopic (exact) mass is 292 g/mol. The van der Waals surface area contributed by atoms with E-state index in [4.69, 9.17) is 15.3 Å². The molecule has 1 heterocycles. The molecule has 2 atom stereocenters. The number of rotatable bonds is 1. The van der Waals surface area contributed by atoms with Crippen molar-refractivity contribution in [2.24, 2.45) is 0 Å². The van der Waals surface area contributed by atoms with Gasteiger partial charge in [-0.05, 0) is 25.4 Å². The number of nitrogen functional groups attached to an aromatic ring is 1. The smallest absolute Gasteiger partial charge is 0.264 e. The summed E-state index contributed by atoms with van der Waals surface area (Å²) in [6, 6.07) is -0.696. The van der Waals surface area contributed by atoms with E-state index in [1.165, 1.54) is 12.1 Å². The quantitative estimate of drug-likeness (QED) is 0.628. The fraction of sp³-hybridized carbons (Fsp3) is 0.333. The highest BCUT2D eigenvalue weighted by atomic mass is 16.2.